The molecule has 0 amide bonds. The number of ether oxygens (including phenoxy) is 3. The fraction of sp³-hybridized carbons (Fsp3) is 0.971. The van der Waals surface area contributed by atoms with Crippen molar-refractivity contribution in [2.24, 2.45) is 0 Å². The molecule has 2 aliphatic rings. The largest absolute Gasteiger partial charge is 0.481 e. The molecule has 2 aliphatic heterocycles. The van der Waals surface area contributed by atoms with Gasteiger partial charge in [0.25, 0.3) is 0 Å². The predicted molar refractivity (Wildman–Crippen MR) is 174 cm³/mol. The Kier molecular flexibility index (Phi) is 25.2. The summed E-state index contributed by atoms with van der Waals surface area (Å²) < 4.78 is 15.3. The summed E-state index contributed by atoms with van der Waals surface area (Å²) in [4.78, 5) is 10.4. The molecule has 13 heteroatoms. The molecule has 2 saturated heterocycles. The van der Waals surface area contributed by atoms with Crippen molar-refractivity contribution in [1.29, 1.82) is 0 Å². The van der Waals surface area contributed by atoms with Crippen LogP contribution in [-0.4, -0.2) is 127 Å². The van der Waals surface area contributed by atoms with Gasteiger partial charge in [0.15, 0.2) is 12.6 Å². The van der Waals surface area contributed by atoms with Crippen LogP contribution in [0.4, 0.5) is 0 Å². The Morgan fingerprint density at radius 1 is 0.532 bits per heavy atom. The Hall–Kier alpha value is -0.970. The maximum absolute atomic E-state index is 10.4. The van der Waals surface area contributed by atoms with Gasteiger partial charge in [0.05, 0.1) is 13.2 Å². The predicted octanol–water partition coefficient (Wildman–Crippen LogP) is 2.50. The van der Waals surface area contributed by atoms with E-state index in [-0.39, 0.29) is 0 Å². The van der Waals surface area contributed by atoms with Gasteiger partial charge in [-0.2, -0.15) is 0 Å². The van der Waals surface area contributed by atoms with Gasteiger partial charge in [-0.15, -0.1) is 0 Å². The molecule has 0 aliphatic carbocycles. The molecule has 10 atom stereocenters. The number of aliphatic hydroxyl groups is 8. The standard InChI is InChI=1S/C22H44O2.C12H22O11/c1-2-3-4-5-6-7-8-9-10-11-12-13-14-15-16-17-18-19-20-21-22(23)24;13-1-3-5(15)6(16)9(19)12(22-3)23-10-4(2-14)21-11(20)8(18)7(10)17/h2-21H2,1H3,(H,23,24);3-20H,1-2H2/t;3-,4-,5+,6+,7-,8-,9-,10-,11?,12+/m.1/s1. The van der Waals surface area contributed by atoms with E-state index in [0.29, 0.717) is 6.42 Å². The quantitative estimate of drug-likeness (QED) is 0.0668. The fourth-order valence-corrected chi connectivity index (χ4v) is 5.92. The maximum Gasteiger partial charge on any atom is 0.303 e. The van der Waals surface area contributed by atoms with Gasteiger partial charge < -0.3 is 60.2 Å². The lowest BCUT2D eigenvalue weighted by molar-refractivity contribution is -0.355. The van der Waals surface area contributed by atoms with Crippen molar-refractivity contribution in [2.75, 3.05) is 13.2 Å². The van der Waals surface area contributed by atoms with Gasteiger partial charge >= 0.3 is 5.97 Å². The Bertz CT molecular complexity index is 756. The number of carboxylic acids is 1. The van der Waals surface area contributed by atoms with Crippen LogP contribution in [0, 0.1) is 0 Å². The lowest BCUT2D eigenvalue weighted by atomic mass is 9.97. The Balaban J connectivity index is 0.000000470. The molecule has 2 rings (SSSR count). The minimum atomic E-state index is -1.74. The van der Waals surface area contributed by atoms with Gasteiger partial charge in [-0.3, -0.25) is 4.79 Å². The van der Waals surface area contributed by atoms with E-state index in [1.165, 1.54) is 109 Å². The summed E-state index contributed by atoms with van der Waals surface area (Å²) in [5.41, 5.74) is 0. The monoisotopic (exact) mass is 682 g/mol. The van der Waals surface area contributed by atoms with Crippen molar-refractivity contribution in [3.05, 3.63) is 0 Å². The lowest BCUT2D eigenvalue weighted by Gasteiger charge is -2.45. The minimum Gasteiger partial charge on any atom is -0.481 e. The second-order valence-electron chi connectivity index (χ2n) is 13.0. The highest BCUT2D eigenvalue weighted by atomic mass is 16.7. The molecule has 0 aromatic heterocycles. The minimum absolute atomic E-state index is 0.346. The summed E-state index contributed by atoms with van der Waals surface area (Å²) in [6.45, 7) is 0.938. The van der Waals surface area contributed by atoms with E-state index in [1.54, 1.807) is 0 Å². The van der Waals surface area contributed by atoms with Crippen molar-refractivity contribution < 1.29 is 65.0 Å². The van der Waals surface area contributed by atoms with Crippen LogP contribution in [0.15, 0.2) is 0 Å². The number of hydrogen-bond acceptors (Lipinski definition) is 12. The summed E-state index contributed by atoms with van der Waals surface area (Å²) >= 11 is 0. The molecule has 1 unspecified atom stereocenters. The van der Waals surface area contributed by atoms with Crippen molar-refractivity contribution in [3.8, 4) is 0 Å². The van der Waals surface area contributed by atoms with Crippen molar-refractivity contribution in [3.63, 3.8) is 0 Å². The molecule has 2 heterocycles. The van der Waals surface area contributed by atoms with Crippen LogP contribution in [0.5, 0.6) is 0 Å². The zero-order chi connectivity index (χ0) is 35.0. The highest BCUT2D eigenvalue weighted by molar-refractivity contribution is 5.66. The molecule has 0 aromatic rings. The summed E-state index contributed by atoms with van der Waals surface area (Å²) in [5.74, 6) is -0.651. The average Bonchev–Trinajstić information content (AvgIpc) is 3.06. The van der Waals surface area contributed by atoms with E-state index >= 15 is 0 Å². The first kappa shape index (κ1) is 44.1. The summed E-state index contributed by atoms with van der Waals surface area (Å²) in [7, 11) is 0. The van der Waals surface area contributed by atoms with Crippen LogP contribution in [-0.2, 0) is 19.0 Å². The van der Waals surface area contributed by atoms with E-state index in [9.17, 15) is 40.5 Å². The van der Waals surface area contributed by atoms with Gasteiger partial charge in [-0.1, -0.05) is 122 Å². The second kappa shape index (κ2) is 26.8. The number of carboxylic acid groups (broad SMARTS) is 1. The zero-order valence-electron chi connectivity index (χ0n) is 28.5. The van der Waals surface area contributed by atoms with Gasteiger partial charge in [-0.25, -0.2) is 0 Å². The van der Waals surface area contributed by atoms with Gasteiger partial charge in [0.2, 0.25) is 0 Å². The van der Waals surface area contributed by atoms with Crippen LogP contribution in [0.25, 0.3) is 0 Å². The van der Waals surface area contributed by atoms with E-state index in [1.807, 2.05) is 0 Å². The number of aliphatic carboxylic acids is 1. The molecule has 13 nitrogen and oxygen atoms in total. The van der Waals surface area contributed by atoms with Crippen LogP contribution in [0.2, 0.25) is 0 Å². The van der Waals surface area contributed by atoms with E-state index < -0.39 is 80.6 Å². The average molecular weight is 683 g/mol. The molecule has 0 aromatic carbocycles. The number of unbranched alkanes of at least 4 members (excludes halogenated alkanes) is 18. The van der Waals surface area contributed by atoms with Crippen LogP contribution in [0.3, 0.4) is 0 Å². The molecule has 0 saturated carbocycles. The van der Waals surface area contributed by atoms with Gasteiger partial charge in [0.1, 0.15) is 48.8 Å². The van der Waals surface area contributed by atoms with Crippen molar-refractivity contribution >= 4 is 5.97 Å². The van der Waals surface area contributed by atoms with Crippen LogP contribution >= 0.6 is 0 Å². The molecule has 0 radical (unpaired) electrons. The first-order valence-electron chi connectivity index (χ1n) is 18.1. The second-order valence-corrected chi connectivity index (χ2v) is 13.0. The van der Waals surface area contributed by atoms with Gasteiger partial charge in [0, 0.05) is 6.42 Å². The van der Waals surface area contributed by atoms with Crippen LogP contribution in [0.1, 0.15) is 135 Å². The third-order valence-corrected chi connectivity index (χ3v) is 8.97. The number of hydrogen-bond donors (Lipinski definition) is 9. The normalized spacial score (nSPS) is 30.9. The first-order chi connectivity index (χ1) is 22.6. The molecular weight excluding hydrogens is 616 g/mol. The smallest absolute Gasteiger partial charge is 0.303 e. The molecule has 0 bridgehead atoms. The Morgan fingerprint density at radius 2 is 0.957 bits per heavy atom. The third kappa shape index (κ3) is 18.0. The number of aliphatic hydroxyl groups excluding tert-OH is 8. The first-order valence-corrected chi connectivity index (χ1v) is 18.1. The molecule has 280 valence electrons. The Morgan fingerprint density at radius 3 is 1.36 bits per heavy atom. The van der Waals surface area contributed by atoms with E-state index in [4.69, 9.17) is 24.4 Å². The lowest BCUT2D eigenvalue weighted by Crippen LogP contribution is -2.64. The highest BCUT2D eigenvalue weighted by Gasteiger charge is 2.50. The summed E-state index contributed by atoms with van der Waals surface area (Å²) in [6, 6.07) is 0. The molecule has 0 spiro atoms. The van der Waals surface area contributed by atoms with Crippen molar-refractivity contribution in [2.45, 2.75) is 197 Å². The zero-order valence-corrected chi connectivity index (χ0v) is 28.5. The highest BCUT2D eigenvalue weighted by Crippen LogP contribution is 2.28. The topological polar surface area (TPSA) is 227 Å². The number of carbonyl (C=O) groups is 1. The molecule has 9 N–H and O–H groups in total. The third-order valence-electron chi connectivity index (χ3n) is 8.97. The van der Waals surface area contributed by atoms with Crippen molar-refractivity contribution in [1.82, 2.24) is 0 Å². The summed E-state index contributed by atoms with van der Waals surface area (Å²) in [6.07, 6.45) is 10.5. The molecule has 2 fully saturated rings. The summed E-state index contributed by atoms with van der Waals surface area (Å²) in [5, 5.41) is 85.0. The number of rotatable bonds is 24. The molecular formula is C34H66O13. The van der Waals surface area contributed by atoms with Gasteiger partial charge in [-0.05, 0) is 6.42 Å². The van der Waals surface area contributed by atoms with Crippen LogP contribution < -0.4 is 0 Å². The fourth-order valence-electron chi connectivity index (χ4n) is 5.92. The Labute approximate surface area is 280 Å². The molecule has 47 heavy (non-hydrogen) atoms. The SMILES string of the molecule is CCCCCCCCCCCCCCCCCCCCCC(=O)O.OC[C@H]1O[C@@H](O[C@H]2[C@H](O)[C@@H](O)C(O)O[C@@H]2CO)[C@H](O)[C@@H](O)[C@H]1O. The van der Waals surface area contributed by atoms with E-state index in [0.717, 1.165) is 12.8 Å². The maximum atomic E-state index is 10.4. The van der Waals surface area contributed by atoms with E-state index in [2.05, 4.69) is 6.92 Å².